The van der Waals surface area contributed by atoms with Gasteiger partial charge in [-0.15, -0.1) is 13.2 Å². The number of sulfonamides is 1. The summed E-state index contributed by atoms with van der Waals surface area (Å²) in [6.45, 7) is 0.337. The molecule has 0 unspecified atom stereocenters. The number of rotatable bonds is 7. The Balaban J connectivity index is 2.30. The highest BCUT2D eigenvalue weighted by Gasteiger charge is 2.32. The summed E-state index contributed by atoms with van der Waals surface area (Å²) in [6.07, 6.45) is -4.94. The first-order valence-electron chi connectivity index (χ1n) is 7.85. The number of likely N-dealkylation sites (N-methyl/N-ethyl adjacent to an activating group) is 1. The first kappa shape index (κ1) is 22.8. The molecule has 5 nitrogen and oxygen atoms in total. The van der Waals surface area contributed by atoms with Crippen molar-refractivity contribution in [2.45, 2.75) is 17.3 Å². The molecule has 0 amide bonds. The van der Waals surface area contributed by atoms with Crippen molar-refractivity contribution in [1.82, 2.24) is 9.62 Å². The monoisotopic (exact) mass is 456 g/mol. The summed E-state index contributed by atoms with van der Waals surface area (Å²) in [7, 11) is -0.527. The van der Waals surface area contributed by atoms with Crippen LogP contribution in [0.3, 0.4) is 0 Å². The Morgan fingerprint density at radius 1 is 1.11 bits per heavy atom. The Morgan fingerprint density at radius 2 is 1.71 bits per heavy atom. The predicted molar refractivity (Wildman–Crippen MR) is 101 cm³/mol. The molecule has 11 heteroatoms. The van der Waals surface area contributed by atoms with Crippen LogP contribution >= 0.6 is 23.2 Å². The normalized spacial score (nSPS) is 13.6. The fraction of sp³-hybridized carbons (Fsp3) is 0.294. The molecule has 0 aliphatic heterocycles. The van der Waals surface area contributed by atoms with Crippen LogP contribution in [0.5, 0.6) is 5.75 Å². The van der Waals surface area contributed by atoms with Crippen LogP contribution in [0.1, 0.15) is 11.6 Å². The summed E-state index contributed by atoms with van der Waals surface area (Å²) >= 11 is 11.6. The van der Waals surface area contributed by atoms with Crippen LogP contribution < -0.4 is 9.46 Å². The molecule has 0 aliphatic carbocycles. The van der Waals surface area contributed by atoms with E-state index in [1.54, 1.807) is 43.3 Å². The highest BCUT2D eigenvalue weighted by Crippen LogP contribution is 2.32. The van der Waals surface area contributed by atoms with Crippen LogP contribution in [-0.4, -0.2) is 40.3 Å². The minimum absolute atomic E-state index is 0.287. The van der Waals surface area contributed by atoms with Crippen LogP contribution in [0.15, 0.2) is 47.4 Å². The van der Waals surface area contributed by atoms with Crippen LogP contribution in [0.4, 0.5) is 13.2 Å². The molecular formula is C17H17Cl2F3N2O3S. The van der Waals surface area contributed by atoms with E-state index in [-0.39, 0.29) is 4.90 Å². The maximum Gasteiger partial charge on any atom is 0.573 e. The van der Waals surface area contributed by atoms with Gasteiger partial charge in [-0.05, 0) is 50.0 Å². The van der Waals surface area contributed by atoms with E-state index in [1.165, 1.54) is 0 Å². The molecule has 0 saturated carbocycles. The van der Waals surface area contributed by atoms with E-state index in [9.17, 15) is 21.6 Å². The molecule has 2 aromatic carbocycles. The second-order valence-corrected chi connectivity index (χ2v) is 8.69. The average Bonchev–Trinajstić information content (AvgIpc) is 2.55. The third-order valence-corrected chi connectivity index (χ3v) is 5.57. The fourth-order valence-corrected chi connectivity index (χ4v) is 4.03. The van der Waals surface area contributed by atoms with Crippen molar-refractivity contribution in [3.05, 3.63) is 58.1 Å². The highest BCUT2D eigenvalue weighted by molar-refractivity contribution is 7.89. The van der Waals surface area contributed by atoms with E-state index < -0.39 is 33.2 Å². The first-order valence-corrected chi connectivity index (χ1v) is 10.1. The van der Waals surface area contributed by atoms with Gasteiger partial charge in [0, 0.05) is 11.6 Å². The highest BCUT2D eigenvalue weighted by atomic mass is 35.5. The van der Waals surface area contributed by atoms with E-state index >= 15 is 0 Å². The van der Waals surface area contributed by atoms with E-state index in [2.05, 4.69) is 9.46 Å². The SMILES string of the molecule is CN(C)C[C@@H](NS(=O)(=O)c1ccc(OC(F)(F)F)c(Cl)c1)c1ccc(Cl)cc1. The van der Waals surface area contributed by atoms with Crippen molar-refractivity contribution in [2.24, 2.45) is 0 Å². The van der Waals surface area contributed by atoms with Gasteiger partial charge in [0.1, 0.15) is 5.75 Å². The number of hydrogen-bond donors (Lipinski definition) is 1. The number of nitrogens with one attached hydrogen (secondary N) is 1. The molecule has 0 aromatic heterocycles. The Bertz CT molecular complexity index is 920. The number of nitrogens with zero attached hydrogens (tertiary/aromatic N) is 1. The largest absolute Gasteiger partial charge is 0.573 e. The molecular weight excluding hydrogens is 440 g/mol. The third kappa shape index (κ3) is 6.52. The van der Waals surface area contributed by atoms with Crippen molar-refractivity contribution in [2.75, 3.05) is 20.6 Å². The van der Waals surface area contributed by atoms with Gasteiger partial charge in [0.15, 0.2) is 0 Å². The van der Waals surface area contributed by atoms with Crippen molar-refractivity contribution in [1.29, 1.82) is 0 Å². The van der Waals surface area contributed by atoms with Gasteiger partial charge in [0.25, 0.3) is 0 Å². The second-order valence-electron chi connectivity index (χ2n) is 6.13. The lowest BCUT2D eigenvalue weighted by atomic mass is 10.1. The zero-order valence-electron chi connectivity index (χ0n) is 14.8. The van der Waals surface area contributed by atoms with Gasteiger partial charge in [0.2, 0.25) is 10.0 Å². The zero-order chi connectivity index (χ0) is 21.1. The molecule has 2 rings (SSSR count). The molecule has 2 aromatic rings. The maximum atomic E-state index is 12.7. The van der Waals surface area contributed by atoms with Gasteiger partial charge in [-0.3, -0.25) is 0 Å². The topological polar surface area (TPSA) is 58.6 Å². The van der Waals surface area contributed by atoms with E-state index in [0.717, 1.165) is 18.2 Å². The van der Waals surface area contributed by atoms with Gasteiger partial charge in [-0.25, -0.2) is 13.1 Å². The zero-order valence-corrected chi connectivity index (χ0v) is 17.1. The van der Waals surface area contributed by atoms with Gasteiger partial charge >= 0.3 is 6.36 Å². The van der Waals surface area contributed by atoms with Crippen molar-refractivity contribution < 1.29 is 26.3 Å². The predicted octanol–water partition coefficient (Wildman–Crippen LogP) is 4.47. The van der Waals surface area contributed by atoms with E-state index in [0.29, 0.717) is 17.1 Å². The number of alkyl halides is 3. The molecule has 154 valence electrons. The van der Waals surface area contributed by atoms with Crippen LogP contribution in [0, 0.1) is 0 Å². The van der Waals surface area contributed by atoms with Crippen LogP contribution in [0.25, 0.3) is 0 Å². The molecule has 0 spiro atoms. The van der Waals surface area contributed by atoms with E-state index in [1.807, 2.05) is 0 Å². The molecule has 0 radical (unpaired) electrons. The molecule has 0 bridgehead atoms. The van der Waals surface area contributed by atoms with Crippen molar-refractivity contribution >= 4 is 33.2 Å². The Kier molecular flexibility index (Phi) is 7.22. The summed E-state index contributed by atoms with van der Waals surface area (Å²) in [4.78, 5) is 1.50. The molecule has 0 fully saturated rings. The summed E-state index contributed by atoms with van der Waals surface area (Å²) in [6, 6.07) is 8.76. The van der Waals surface area contributed by atoms with Crippen molar-refractivity contribution in [3.63, 3.8) is 0 Å². The molecule has 1 N–H and O–H groups in total. The molecule has 0 heterocycles. The summed E-state index contributed by atoms with van der Waals surface area (Å²) in [5.74, 6) is -0.685. The smallest absolute Gasteiger partial charge is 0.404 e. The number of ether oxygens (including phenoxy) is 1. The third-order valence-electron chi connectivity index (χ3n) is 3.56. The standard InChI is InChI=1S/C17H17Cl2F3N2O3S/c1-24(2)10-15(11-3-5-12(18)6-4-11)23-28(25,26)13-7-8-16(14(19)9-13)27-17(20,21)22/h3-9,15,23H,10H2,1-2H3/t15-/m1/s1. The quantitative estimate of drug-likeness (QED) is 0.667. The lowest BCUT2D eigenvalue weighted by Crippen LogP contribution is -2.35. The molecule has 1 atom stereocenters. The van der Waals surface area contributed by atoms with Crippen LogP contribution in [-0.2, 0) is 10.0 Å². The first-order chi connectivity index (χ1) is 12.9. The van der Waals surface area contributed by atoms with Crippen LogP contribution in [0.2, 0.25) is 10.0 Å². The van der Waals surface area contributed by atoms with Gasteiger partial charge < -0.3 is 9.64 Å². The fourth-order valence-electron chi connectivity index (χ4n) is 2.38. The Labute approximate surface area is 171 Å². The lowest BCUT2D eigenvalue weighted by Gasteiger charge is -2.23. The maximum absolute atomic E-state index is 12.7. The minimum Gasteiger partial charge on any atom is -0.404 e. The van der Waals surface area contributed by atoms with Gasteiger partial charge in [-0.1, -0.05) is 35.3 Å². The second kappa shape index (κ2) is 8.87. The number of halogens is 5. The summed E-state index contributed by atoms with van der Waals surface area (Å²) in [5, 5.41) is 0.0260. The van der Waals surface area contributed by atoms with E-state index in [4.69, 9.17) is 23.2 Å². The van der Waals surface area contributed by atoms with Gasteiger partial charge in [-0.2, -0.15) is 0 Å². The van der Waals surface area contributed by atoms with Crippen molar-refractivity contribution in [3.8, 4) is 5.75 Å². The molecule has 0 saturated heterocycles. The lowest BCUT2D eigenvalue weighted by molar-refractivity contribution is -0.274. The summed E-state index contributed by atoms with van der Waals surface area (Å²) < 4.78 is 68.8. The van der Waals surface area contributed by atoms with Gasteiger partial charge in [0.05, 0.1) is 16.0 Å². The summed E-state index contributed by atoms with van der Waals surface area (Å²) in [5.41, 5.74) is 0.671. The molecule has 28 heavy (non-hydrogen) atoms. The number of benzene rings is 2. The average molecular weight is 457 g/mol. The molecule has 0 aliphatic rings. The number of hydrogen-bond acceptors (Lipinski definition) is 4. The minimum atomic E-state index is -4.94. The Hall–Kier alpha value is -1.52. The Morgan fingerprint density at radius 3 is 2.21 bits per heavy atom.